The lowest BCUT2D eigenvalue weighted by atomic mass is 10.0. The van der Waals surface area contributed by atoms with Crippen LogP contribution in [0, 0.1) is 6.92 Å². The van der Waals surface area contributed by atoms with E-state index >= 15 is 0 Å². The highest BCUT2D eigenvalue weighted by molar-refractivity contribution is 9.10. The van der Waals surface area contributed by atoms with Gasteiger partial charge in [-0.2, -0.15) is 0 Å². The summed E-state index contributed by atoms with van der Waals surface area (Å²) >= 11 is 3.57. The van der Waals surface area contributed by atoms with Crippen molar-refractivity contribution in [2.45, 2.75) is 32.7 Å². The van der Waals surface area contributed by atoms with Gasteiger partial charge in [0.1, 0.15) is 11.5 Å². The van der Waals surface area contributed by atoms with Gasteiger partial charge in [0.05, 0.1) is 4.47 Å². The average molecular weight is 334 g/mol. The zero-order valence-corrected chi connectivity index (χ0v) is 13.5. The molecule has 0 aliphatic heterocycles. The first-order valence-corrected chi connectivity index (χ1v) is 7.66. The standard InChI is InChI=1S/C17H20BrNO/c1-3-14(19)10-13-6-9-17(16(18)11-13)20-15-7-4-12(2)5-8-15/h4-9,11,14H,3,10,19H2,1-2H3. The van der Waals surface area contributed by atoms with Crippen LogP contribution in [0.1, 0.15) is 24.5 Å². The van der Waals surface area contributed by atoms with Crippen molar-refractivity contribution in [3.8, 4) is 11.5 Å². The second-order valence-electron chi connectivity index (χ2n) is 5.05. The maximum Gasteiger partial charge on any atom is 0.141 e. The van der Waals surface area contributed by atoms with Gasteiger partial charge in [-0.05, 0) is 65.5 Å². The van der Waals surface area contributed by atoms with Gasteiger partial charge in [0.25, 0.3) is 0 Å². The van der Waals surface area contributed by atoms with E-state index in [4.69, 9.17) is 10.5 Å². The summed E-state index contributed by atoms with van der Waals surface area (Å²) in [6, 6.07) is 14.4. The van der Waals surface area contributed by atoms with Crippen molar-refractivity contribution in [1.82, 2.24) is 0 Å². The molecule has 2 N–H and O–H groups in total. The summed E-state index contributed by atoms with van der Waals surface area (Å²) in [7, 11) is 0. The first-order valence-electron chi connectivity index (χ1n) is 6.87. The molecule has 2 nitrogen and oxygen atoms in total. The molecule has 0 amide bonds. The second-order valence-corrected chi connectivity index (χ2v) is 5.91. The summed E-state index contributed by atoms with van der Waals surface area (Å²) < 4.78 is 6.83. The van der Waals surface area contributed by atoms with Crippen LogP contribution < -0.4 is 10.5 Å². The Morgan fingerprint density at radius 2 is 1.85 bits per heavy atom. The molecule has 0 bridgehead atoms. The van der Waals surface area contributed by atoms with Crippen molar-refractivity contribution in [2.24, 2.45) is 5.73 Å². The third-order valence-electron chi connectivity index (χ3n) is 3.27. The summed E-state index contributed by atoms with van der Waals surface area (Å²) in [6.45, 7) is 4.17. The van der Waals surface area contributed by atoms with Crippen LogP contribution in [0.2, 0.25) is 0 Å². The highest BCUT2D eigenvalue weighted by Gasteiger charge is 2.07. The van der Waals surface area contributed by atoms with E-state index in [9.17, 15) is 0 Å². The van der Waals surface area contributed by atoms with E-state index in [2.05, 4.69) is 41.9 Å². The lowest BCUT2D eigenvalue weighted by molar-refractivity contribution is 0.479. The van der Waals surface area contributed by atoms with Crippen LogP contribution in [-0.4, -0.2) is 6.04 Å². The smallest absolute Gasteiger partial charge is 0.141 e. The zero-order chi connectivity index (χ0) is 14.5. The first kappa shape index (κ1) is 15.1. The van der Waals surface area contributed by atoms with Crippen molar-refractivity contribution in [1.29, 1.82) is 0 Å². The minimum Gasteiger partial charge on any atom is -0.456 e. The molecule has 0 aliphatic rings. The SMILES string of the molecule is CCC(N)Cc1ccc(Oc2ccc(C)cc2)c(Br)c1. The number of hydrogen-bond acceptors (Lipinski definition) is 2. The zero-order valence-electron chi connectivity index (χ0n) is 11.9. The molecule has 0 saturated carbocycles. The van der Waals surface area contributed by atoms with Gasteiger partial charge in [0.2, 0.25) is 0 Å². The Bertz CT molecular complexity index is 566. The Morgan fingerprint density at radius 1 is 1.15 bits per heavy atom. The van der Waals surface area contributed by atoms with Crippen molar-refractivity contribution in [3.63, 3.8) is 0 Å². The highest BCUT2D eigenvalue weighted by Crippen LogP contribution is 2.30. The number of nitrogens with two attached hydrogens (primary N) is 1. The molecule has 0 fully saturated rings. The number of ether oxygens (including phenoxy) is 1. The topological polar surface area (TPSA) is 35.2 Å². The predicted octanol–water partition coefficient (Wildman–Crippen LogP) is 4.83. The second kappa shape index (κ2) is 6.91. The normalized spacial score (nSPS) is 12.2. The van der Waals surface area contributed by atoms with Gasteiger partial charge in [-0.15, -0.1) is 0 Å². The summed E-state index contributed by atoms with van der Waals surface area (Å²) in [4.78, 5) is 0. The molecule has 0 saturated heterocycles. The molecule has 0 spiro atoms. The third-order valence-corrected chi connectivity index (χ3v) is 3.89. The van der Waals surface area contributed by atoms with Crippen LogP contribution >= 0.6 is 15.9 Å². The highest BCUT2D eigenvalue weighted by atomic mass is 79.9. The van der Waals surface area contributed by atoms with Crippen LogP contribution in [-0.2, 0) is 6.42 Å². The molecule has 2 aromatic rings. The molecular formula is C17H20BrNO. The fraction of sp³-hybridized carbons (Fsp3) is 0.294. The van der Waals surface area contributed by atoms with Crippen LogP contribution in [0.25, 0.3) is 0 Å². The van der Waals surface area contributed by atoms with E-state index in [1.54, 1.807) is 0 Å². The Kier molecular flexibility index (Phi) is 5.21. The van der Waals surface area contributed by atoms with Crippen LogP contribution in [0.3, 0.4) is 0 Å². The lowest BCUT2D eigenvalue weighted by Gasteiger charge is -2.12. The summed E-state index contributed by atoms with van der Waals surface area (Å²) in [5.74, 6) is 1.66. The molecule has 20 heavy (non-hydrogen) atoms. The predicted molar refractivity (Wildman–Crippen MR) is 87.4 cm³/mol. The summed E-state index contributed by atoms with van der Waals surface area (Å²) in [5, 5.41) is 0. The Balaban J connectivity index is 2.11. The van der Waals surface area contributed by atoms with Gasteiger partial charge >= 0.3 is 0 Å². The van der Waals surface area contributed by atoms with Crippen molar-refractivity contribution >= 4 is 15.9 Å². The fourth-order valence-corrected chi connectivity index (χ4v) is 2.44. The van der Waals surface area contributed by atoms with E-state index in [0.717, 1.165) is 28.8 Å². The van der Waals surface area contributed by atoms with E-state index in [1.807, 2.05) is 30.3 Å². The average Bonchev–Trinajstić information content (AvgIpc) is 2.44. The van der Waals surface area contributed by atoms with Crippen molar-refractivity contribution in [2.75, 3.05) is 0 Å². The number of aryl methyl sites for hydroxylation is 1. The Morgan fingerprint density at radius 3 is 2.45 bits per heavy atom. The molecular weight excluding hydrogens is 314 g/mol. The van der Waals surface area contributed by atoms with Gasteiger partial charge in [-0.1, -0.05) is 30.7 Å². The molecule has 1 atom stereocenters. The molecule has 0 aromatic heterocycles. The first-order chi connectivity index (χ1) is 9.58. The molecule has 2 aromatic carbocycles. The van der Waals surface area contributed by atoms with E-state index in [0.29, 0.717) is 0 Å². The number of benzene rings is 2. The van der Waals surface area contributed by atoms with Crippen LogP contribution in [0.5, 0.6) is 11.5 Å². The third kappa shape index (κ3) is 4.09. The van der Waals surface area contributed by atoms with Crippen molar-refractivity contribution < 1.29 is 4.74 Å². The summed E-state index contributed by atoms with van der Waals surface area (Å²) in [6.07, 6.45) is 1.87. The molecule has 0 radical (unpaired) electrons. The number of hydrogen-bond donors (Lipinski definition) is 1. The number of rotatable bonds is 5. The van der Waals surface area contributed by atoms with E-state index < -0.39 is 0 Å². The van der Waals surface area contributed by atoms with Crippen molar-refractivity contribution in [3.05, 3.63) is 58.1 Å². The summed E-state index contributed by atoms with van der Waals surface area (Å²) in [5.41, 5.74) is 8.43. The van der Waals surface area contributed by atoms with Gasteiger partial charge in [0, 0.05) is 6.04 Å². The molecule has 106 valence electrons. The molecule has 2 rings (SSSR count). The van der Waals surface area contributed by atoms with Gasteiger partial charge in [0.15, 0.2) is 0 Å². The molecule has 0 aliphatic carbocycles. The monoisotopic (exact) mass is 333 g/mol. The Hall–Kier alpha value is -1.32. The maximum atomic E-state index is 5.98. The molecule has 0 heterocycles. The van der Waals surface area contributed by atoms with E-state index in [1.165, 1.54) is 11.1 Å². The van der Waals surface area contributed by atoms with Crippen LogP contribution in [0.4, 0.5) is 0 Å². The molecule has 3 heteroatoms. The number of halogens is 1. The largest absolute Gasteiger partial charge is 0.456 e. The van der Waals surface area contributed by atoms with Gasteiger partial charge in [-0.3, -0.25) is 0 Å². The van der Waals surface area contributed by atoms with Gasteiger partial charge < -0.3 is 10.5 Å². The van der Waals surface area contributed by atoms with Crippen LogP contribution in [0.15, 0.2) is 46.9 Å². The minimum atomic E-state index is 0.214. The molecule has 1 unspecified atom stereocenters. The quantitative estimate of drug-likeness (QED) is 0.850. The van der Waals surface area contributed by atoms with E-state index in [-0.39, 0.29) is 6.04 Å². The Labute approximate surface area is 129 Å². The van der Waals surface area contributed by atoms with Gasteiger partial charge in [-0.25, -0.2) is 0 Å². The lowest BCUT2D eigenvalue weighted by Crippen LogP contribution is -2.21. The fourth-order valence-electron chi connectivity index (χ4n) is 1.93. The minimum absolute atomic E-state index is 0.214. The maximum absolute atomic E-state index is 5.98.